The van der Waals surface area contributed by atoms with Gasteiger partial charge < -0.3 is 14.3 Å². The number of benzene rings is 2. The highest BCUT2D eigenvalue weighted by Gasteiger charge is 2.37. The molecule has 2 aromatic carbocycles. The molecule has 0 N–H and O–H groups in total. The molecular formula is C24H23FN4O3. The first-order valence-electron chi connectivity index (χ1n) is 10.7. The smallest absolute Gasteiger partial charge is 0.253 e. The number of likely N-dealkylation sites (tertiary alicyclic amines) is 1. The summed E-state index contributed by atoms with van der Waals surface area (Å²) in [6, 6.07) is 13.4. The predicted molar refractivity (Wildman–Crippen MR) is 114 cm³/mol. The van der Waals surface area contributed by atoms with Crippen LogP contribution < -0.4 is 0 Å². The quantitative estimate of drug-likeness (QED) is 0.631. The molecule has 2 unspecified atom stereocenters. The fraction of sp³-hybridized carbons (Fsp3) is 0.333. The van der Waals surface area contributed by atoms with E-state index in [1.165, 1.54) is 12.1 Å². The highest BCUT2D eigenvalue weighted by atomic mass is 19.1. The number of carbonyl (C=O) groups is 2. The molecule has 2 aliphatic rings. The van der Waals surface area contributed by atoms with E-state index in [2.05, 4.69) is 10.1 Å². The summed E-state index contributed by atoms with van der Waals surface area (Å²) < 4.78 is 19.0. The molecule has 5 rings (SSSR count). The van der Waals surface area contributed by atoms with Gasteiger partial charge in [0.1, 0.15) is 5.82 Å². The second-order valence-corrected chi connectivity index (χ2v) is 8.42. The Kier molecular flexibility index (Phi) is 5.20. The number of amides is 2. The van der Waals surface area contributed by atoms with Gasteiger partial charge in [-0.3, -0.25) is 9.59 Å². The molecule has 1 saturated heterocycles. The van der Waals surface area contributed by atoms with Crippen LogP contribution in [0.4, 0.5) is 4.39 Å². The van der Waals surface area contributed by atoms with Crippen LogP contribution in [0.5, 0.6) is 0 Å². The number of likely N-dealkylation sites (N-methyl/N-ethyl adjacent to an activating group) is 1. The molecule has 0 spiro atoms. The van der Waals surface area contributed by atoms with Crippen LogP contribution in [0, 0.1) is 5.82 Å². The Hall–Kier alpha value is -3.55. The first-order chi connectivity index (χ1) is 15.5. The van der Waals surface area contributed by atoms with Gasteiger partial charge in [-0.05, 0) is 36.6 Å². The van der Waals surface area contributed by atoms with Crippen LogP contribution in [0.1, 0.15) is 46.5 Å². The zero-order valence-corrected chi connectivity index (χ0v) is 17.7. The molecule has 0 radical (unpaired) electrons. The fourth-order valence-electron chi connectivity index (χ4n) is 4.61. The van der Waals surface area contributed by atoms with Crippen LogP contribution in [-0.2, 0) is 4.79 Å². The van der Waals surface area contributed by atoms with E-state index in [4.69, 9.17) is 4.52 Å². The normalized spacial score (nSPS) is 20.9. The Morgan fingerprint density at radius 1 is 1.16 bits per heavy atom. The number of carbonyl (C=O) groups excluding carboxylic acids is 2. The fourth-order valence-corrected chi connectivity index (χ4v) is 4.61. The average Bonchev–Trinajstić information content (AvgIpc) is 3.32. The van der Waals surface area contributed by atoms with E-state index in [0.717, 1.165) is 18.4 Å². The standard InChI is InChI=1S/C24H23FN4O3/c1-28-14-20(18-9-2-3-10-19(18)23(28)30)24(31)29-11-5-7-16(13-29)22-26-21(27-32-22)15-6-4-8-17(25)12-15/h2-4,6,8-10,12,16,20H,5,7,11,13-14H2,1H3. The SMILES string of the molecule is CN1CC(C(=O)N2CCCC(c3nc(-c4cccc(F)c4)no3)C2)c2ccccc2C1=O. The summed E-state index contributed by atoms with van der Waals surface area (Å²) >= 11 is 0. The Bertz CT molecular complexity index is 1180. The van der Waals surface area contributed by atoms with Gasteiger partial charge in [0.15, 0.2) is 0 Å². The number of fused-ring (bicyclic) bond motifs is 1. The van der Waals surface area contributed by atoms with Crippen LogP contribution in [0.15, 0.2) is 53.1 Å². The average molecular weight is 434 g/mol. The summed E-state index contributed by atoms with van der Waals surface area (Å²) in [5.41, 5.74) is 1.92. The minimum atomic E-state index is -0.391. The monoisotopic (exact) mass is 434 g/mol. The molecule has 3 heterocycles. The lowest BCUT2D eigenvalue weighted by atomic mass is 9.87. The summed E-state index contributed by atoms with van der Waals surface area (Å²) in [5, 5.41) is 4.01. The number of nitrogens with zero attached hydrogens (tertiary/aromatic N) is 4. The van der Waals surface area contributed by atoms with Gasteiger partial charge in [-0.1, -0.05) is 35.5 Å². The third kappa shape index (κ3) is 3.66. The van der Waals surface area contributed by atoms with Crippen molar-refractivity contribution < 1.29 is 18.5 Å². The Morgan fingerprint density at radius 3 is 2.84 bits per heavy atom. The molecule has 2 atom stereocenters. The minimum Gasteiger partial charge on any atom is -0.341 e. The van der Waals surface area contributed by atoms with E-state index in [-0.39, 0.29) is 23.5 Å². The highest BCUT2D eigenvalue weighted by Crippen LogP contribution is 2.33. The van der Waals surface area contributed by atoms with Crippen LogP contribution >= 0.6 is 0 Å². The number of hydrogen-bond donors (Lipinski definition) is 0. The second-order valence-electron chi connectivity index (χ2n) is 8.42. The Labute approximate surface area is 184 Å². The summed E-state index contributed by atoms with van der Waals surface area (Å²) in [4.78, 5) is 33.9. The maximum Gasteiger partial charge on any atom is 0.253 e. The van der Waals surface area contributed by atoms with Gasteiger partial charge in [-0.25, -0.2) is 4.39 Å². The largest absolute Gasteiger partial charge is 0.341 e. The second kappa shape index (κ2) is 8.18. The maximum absolute atomic E-state index is 13.5. The lowest BCUT2D eigenvalue weighted by molar-refractivity contribution is -0.134. The van der Waals surface area contributed by atoms with Crippen LogP contribution in [0.3, 0.4) is 0 Å². The molecule has 1 fully saturated rings. The Morgan fingerprint density at radius 2 is 2.00 bits per heavy atom. The maximum atomic E-state index is 13.5. The summed E-state index contributed by atoms with van der Waals surface area (Å²) in [6.45, 7) is 1.48. The van der Waals surface area contributed by atoms with Gasteiger partial charge in [0, 0.05) is 37.8 Å². The third-order valence-corrected chi connectivity index (χ3v) is 6.27. The van der Waals surface area contributed by atoms with E-state index < -0.39 is 5.92 Å². The minimum absolute atomic E-state index is 0.00590. The van der Waals surface area contributed by atoms with Crippen LogP contribution in [-0.4, -0.2) is 58.4 Å². The molecule has 164 valence electrons. The van der Waals surface area contributed by atoms with Crippen molar-refractivity contribution in [2.75, 3.05) is 26.7 Å². The number of halogens is 1. The van der Waals surface area contributed by atoms with Gasteiger partial charge in [-0.15, -0.1) is 0 Å². The zero-order valence-electron chi connectivity index (χ0n) is 17.7. The van der Waals surface area contributed by atoms with Crippen molar-refractivity contribution in [3.63, 3.8) is 0 Å². The van der Waals surface area contributed by atoms with Crippen molar-refractivity contribution >= 4 is 11.8 Å². The van der Waals surface area contributed by atoms with Crippen LogP contribution in [0.2, 0.25) is 0 Å². The van der Waals surface area contributed by atoms with Crippen molar-refractivity contribution in [3.05, 3.63) is 71.4 Å². The predicted octanol–water partition coefficient (Wildman–Crippen LogP) is 3.45. The van der Waals surface area contributed by atoms with E-state index in [1.807, 2.05) is 23.1 Å². The van der Waals surface area contributed by atoms with Gasteiger partial charge >= 0.3 is 0 Å². The molecule has 0 aliphatic carbocycles. The number of hydrogen-bond acceptors (Lipinski definition) is 5. The molecule has 3 aromatic rings. The van der Waals surface area contributed by atoms with E-state index in [1.54, 1.807) is 30.1 Å². The topological polar surface area (TPSA) is 79.5 Å². The first kappa shape index (κ1) is 20.4. The molecule has 1 aromatic heterocycles. The summed E-state index contributed by atoms with van der Waals surface area (Å²) in [5.74, 6) is -0.0935. The lowest BCUT2D eigenvalue weighted by Crippen LogP contribution is -2.47. The van der Waals surface area contributed by atoms with Crippen LogP contribution in [0.25, 0.3) is 11.4 Å². The summed E-state index contributed by atoms with van der Waals surface area (Å²) in [6.07, 6.45) is 1.64. The molecule has 7 nitrogen and oxygen atoms in total. The van der Waals surface area contributed by atoms with Gasteiger partial charge in [-0.2, -0.15) is 4.98 Å². The zero-order chi connectivity index (χ0) is 22.2. The Balaban J connectivity index is 1.35. The van der Waals surface area contributed by atoms with Crippen molar-refractivity contribution in [1.29, 1.82) is 0 Å². The van der Waals surface area contributed by atoms with Crippen molar-refractivity contribution in [1.82, 2.24) is 19.9 Å². The molecule has 2 aliphatic heterocycles. The number of rotatable bonds is 3. The first-order valence-corrected chi connectivity index (χ1v) is 10.7. The molecular weight excluding hydrogens is 411 g/mol. The van der Waals surface area contributed by atoms with E-state index >= 15 is 0 Å². The molecule has 2 amide bonds. The van der Waals surface area contributed by atoms with Crippen molar-refractivity contribution in [3.8, 4) is 11.4 Å². The van der Waals surface area contributed by atoms with Gasteiger partial charge in [0.05, 0.1) is 11.8 Å². The lowest BCUT2D eigenvalue weighted by Gasteiger charge is -2.37. The molecule has 0 saturated carbocycles. The highest BCUT2D eigenvalue weighted by molar-refractivity contribution is 6.00. The van der Waals surface area contributed by atoms with Crippen molar-refractivity contribution in [2.24, 2.45) is 0 Å². The summed E-state index contributed by atoms with van der Waals surface area (Å²) in [7, 11) is 1.73. The van der Waals surface area contributed by atoms with E-state index in [9.17, 15) is 14.0 Å². The third-order valence-electron chi connectivity index (χ3n) is 6.27. The number of aromatic nitrogens is 2. The molecule has 32 heavy (non-hydrogen) atoms. The van der Waals surface area contributed by atoms with Gasteiger partial charge in [0.25, 0.3) is 5.91 Å². The van der Waals surface area contributed by atoms with Gasteiger partial charge in [0.2, 0.25) is 17.6 Å². The molecule has 0 bridgehead atoms. The number of piperidine rings is 1. The van der Waals surface area contributed by atoms with E-state index in [0.29, 0.717) is 42.5 Å². The van der Waals surface area contributed by atoms with Crippen molar-refractivity contribution in [2.45, 2.75) is 24.7 Å². The molecule has 8 heteroatoms.